The summed E-state index contributed by atoms with van der Waals surface area (Å²) in [6.45, 7) is 0. The lowest BCUT2D eigenvalue weighted by Crippen LogP contribution is -2.29. The standard InChI is InChI=1S/C59H37NO/c1-2-17-38(18-3-1)42-21-10-14-30-55(42)60(56-31-16-27-49-48-26-11-15-32-57(48)61-58(49)56)41-33-34-47-44-23-7-6-22-43(44)45-24-8-12-28-51(45)59(54(47)37-41)52-29-13-9-25-46(52)50-35-39-19-4-5-20-40(39)36-53(50)59/h1-37H. The van der Waals surface area contributed by atoms with Crippen LogP contribution < -0.4 is 4.90 Å². The van der Waals surface area contributed by atoms with Gasteiger partial charge in [0, 0.05) is 22.0 Å². The highest BCUT2D eigenvalue weighted by atomic mass is 16.3. The molecule has 2 nitrogen and oxygen atoms in total. The van der Waals surface area contributed by atoms with Gasteiger partial charge in [-0.1, -0.05) is 182 Å². The smallest absolute Gasteiger partial charge is 0.159 e. The summed E-state index contributed by atoms with van der Waals surface area (Å²) >= 11 is 0. The predicted octanol–water partition coefficient (Wildman–Crippen LogP) is 15.9. The Labute approximate surface area is 354 Å². The van der Waals surface area contributed by atoms with Crippen molar-refractivity contribution >= 4 is 49.8 Å². The summed E-state index contributed by atoms with van der Waals surface area (Å²) < 4.78 is 6.86. The van der Waals surface area contributed by atoms with Gasteiger partial charge in [0.25, 0.3) is 0 Å². The van der Waals surface area contributed by atoms with Crippen LogP contribution in [0.15, 0.2) is 229 Å². The molecular formula is C59H37NO. The number of nitrogens with zero attached hydrogens (tertiary/aromatic N) is 1. The largest absolute Gasteiger partial charge is 0.454 e. The van der Waals surface area contributed by atoms with E-state index in [4.69, 9.17) is 4.42 Å². The lowest BCUT2D eigenvalue weighted by Gasteiger charge is -2.37. The van der Waals surface area contributed by atoms with E-state index in [1.165, 1.54) is 66.4 Å². The maximum atomic E-state index is 6.86. The van der Waals surface area contributed by atoms with Crippen molar-refractivity contribution in [2.24, 2.45) is 0 Å². The van der Waals surface area contributed by atoms with E-state index < -0.39 is 5.41 Å². The maximum Gasteiger partial charge on any atom is 0.159 e. The number of hydrogen-bond donors (Lipinski definition) is 0. The molecule has 1 atom stereocenters. The summed E-state index contributed by atoms with van der Waals surface area (Å²) in [6.07, 6.45) is 0. The Morgan fingerprint density at radius 3 is 1.64 bits per heavy atom. The third-order valence-electron chi connectivity index (χ3n) is 13.3. The first-order valence-corrected chi connectivity index (χ1v) is 21.1. The topological polar surface area (TPSA) is 16.4 Å². The number of anilines is 3. The summed E-state index contributed by atoms with van der Waals surface area (Å²) in [4.78, 5) is 2.44. The predicted molar refractivity (Wildman–Crippen MR) is 253 cm³/mol. The Morgan fingerprint density at radius 2 is 0.869 bits per heavy atom. The zero-order valence-electron chi connectivity index (χ0n) is 33.2. The fourth-order valence-corrected chi connectivity index (χ4v) is 10.7. The molecule has 0 saturated carbocycles. The summed E-state index contributed by atoms with van der Waals surface area (Å²) in [5.41, 5.74) is 19.2. The van der Waals surface area contributed by atoms with Gasteiger partial charge < -0.3 is 9.32 Å². The molecule has 0 bridgehead atoms. The minimum Gasteiger partial charge on any atom is -0.454 e. The van der Waals surface area contributed by atoms with Crippen molar-refractivity contribution in [1.82, 2.24) is 0 Å². The summed E-state index contributed by atoms with van der Waals surface area (Å²) in [7, 11) is 0. The molecule has 11 aromatic rings. The number of hydrogen-bond acceptors (Lipinski definition) is 2. The fraction of sp³-hybridized carbons (Fsp3) is 0.0169. The summed E-state index contributed by atoms with van der Waals surface area (Å²) in [6, 6.07) is 82.6. The van der Waals surface area contributed by atoms with E-state index in [0.717, 1.165) is 50.1 Å². The van der Waals surface area contributed by atoms with E-state index in [0.29, 0.717) is 0 Å². The Bertz CT molecular complexity index is 3560. The first kappa shape index (κ1) is 34.0. The number of furan rings is 1. The molecule has 1 aromatic heterocycles. The van der Waals surface area contributed by atoms with Gasteiger partial charge in [0.05, 0.1) is 16.8 Å². The van der Waals surface area contributed by atoms with Gasteiger partial charge in [-0.15, -0.1) is 0 Å². The monoisotopic (exact) mass is 775 g/mol. The lowest BCUT2D eigenvalue weighted by atomic mass is 9.65. The normalized spacial score (nSPS) is 14.6. The van der Waals surface area contributed by atoms with Gasteiger partial charge in [-0.25, -0.2) is 0 Å². The minimum absolute atomic E-state index is 0.646. The molecule has 13 rings (SSSR count). The van der Waals surface area contributed by atoms with Gasteiger partial charge in [0.2, 0.25) is 0 Å². The van der Waals surface area contributed by atoms with Crippen LogP contribution in [0.2, 0.25) is 0 Å². The molecule has 1 unspecified atom stereocenters. The molecule has 2 aliphatic rings. The highest BCUT2D eigenvalue weighted by Crippen LogP contribution is 2.62. The lowest BCUT2D eigenvalue weighted by molar-refractivity contribution is 0.669. The SMILES string of the molecule is c1ccc(-c2ccccc2N(c2ccc3c(c2)C2(c4ccccc4-c4ccccc4-3)c3ccccc3-c3cc4ccccc4cc32)c2cccc3c2oc2ccccc23)cc1. The van der Waals surface area contributed by atoms with Crippen molar-refractivity contribution in [2.75, 3.05) is 4.90 Å². The first-order valence-electron chi connectivity index (χ1n) is 21.1. The highest BCUT2D eigenvalue weighted by Gasteiger charge is 2.50. The Balaban J connectivity index is 1.19. The first-order chi connectivity index (χ1) is 30.3. The summed E-state index contributed by atoms with van der Waals surface area (Å²) in [5.74, 6) is 0. The van der Waals surface area contributed by atoms with Crippen LogP contribution in [0.5, 0.6) is 0 Å². The molecule has 0 fully saturated rings. The number of fused-ring (bicyclic) bond motifs is 16. The van der Waals surface area contributed by atoms with Crippen molar-refractivity contribution in [3.63, 3.8) is 0 Å². The van der Waals surface area contributed by atoms with Crippen molar-refractivity contribution in [1.29, 1.82) is 0 Å². The average Bonchev–Trinajstić information content (AvgIpc) is 3.82. The molecule has 0 aliphatic heterocycles. The van der Waals surface area contributed by atoms with Crippen LogP contribution in [-0.4, -0.2) is 0 Å². The van der Waals surface area contributed by atoms with E-state index in [2.05, 4.69) is 229 Å². The van der Waals surface area contributed by atoms with E-state index in [-0.39, 0.29) is 0 Å². The van der Waals surface area contributed by atoms with Crippen LogP contribution in [0.3, 0.4) is 0 Å². The van der Waals surface area contributed by atoms with E-state index in [1.54, 1.807) is 0 Å². The Morgan fingerprint density at radius 1 is 0.328 bits per heavy atom. The van der Waals surface area contributed by atoms with Crippen LogP contribution in [0.25, 0.3) is 77.2 Å². The van der Waals surface area contributed by atoms with E-state index >= 15 is 0 Å². The van der Waals surface area contributed by atoms with Crippen LogP contribution in [0.1, 0.15) is 22.3 Å². The molecule has 10 aromatic carbocycles. The Hall–Kier alpha value is -7.94. The van der Waals surface area contributed by atoms with E-state index in [9.17, 15) is 0 Å². The maximum absolute atomic E-state index is 6.86. The molecule has 0 amide bonds. The molecule has 61 heavy (non-hydrogen) atoms. The molecule has 1 spiro atoms. The molecule has 2 heteroatoms. The van der Waals surface area contributed by atoms with Gasteiger partial charge >= 0.3 is 0 Å². The second-order valence-electron chi connectivity index (χ2n) is 16.3. The summed E-state index contributed by atoms with van der Waals surface area (Å²) in [5, 5.41) is 4.68. The quantitative estimate of drug-likeness (QED) is 0.177. The van der Waals surface area contributed by atoms with Gasteiger partial charge in [0.15, 0.2) is 5.58 Å². The number of rotatable bonds is 4. The van der Waals surface area contributed by atoms with Gasteiger partial charge in [-0.3, -0.25) is 0 Å². The zero-order valence-corrected chi connectivity index (χ0v) is 33.2. The average molecular weight is 776 g/mol. The van der Waals surface area contributed by atoms with E-state index in [1.807, 2.05) is 0 Å². The van der Waals surface area contributed by atoms with Gasteiger partial charge in [-0.2, -0.15) is 0 Å². The molecule has 2 aliphatic carbocycles. The molecule has 0 radical (unpaired) electrons. The second-order valence-corrected chi connectivity index (χ2v) is 16.3. The van der Waals surface area contributed by atoms with Crippen molar-refractivity contribution in [3.8, 4) is 44.5 Å². The van der Waals surface area contributed by atoms with Crippen molar-refractivity contribution < 1.29 is 4.42 Å². The third kappa shape index (κ3) is 4.79. The highest BCUT2D eigenvalue weighted by molar-refractivity contribution is 6.11. The van der Waals surface area contributed by atoms with Crippen LogP contribution >= 0.6 is 0 Å². The molecule has 284 valence electrons. The van der Waals surface area contributed by atoms with Crippen molar-refractivity contribution in [2.45, 2.75) is 5.41 Å². The van der Waals surface area contributed by atoms with Gasteiger partial charge in [-0.05, 0) is 114 Å². The number of benzene rings is 10. The number of para-hydroxylation sites is 3. The van der Waals surface area contributed by atoms with Crippen LogP contribution in [0.4, 0.5) is 17.1 Å². The molecule has 1 heterocycles. The van der Waals surface area contributed by atoms with Crippen molar-refractivity contribution in [3.05, 3.63) is 247 Å². The van der Waals surface area contributed by atoms with Gasteiger partial charge in [0.1, 0.15) is 5.58 Å². The Kier molecular flexibility index (Phi) is 7.26. The molecule has 0 N–H and O–H groups in total. The van der Waals surface area contributed by atoms with Crippen LogP contribution in [0, 0.1) is 0 Å². The minimum atomic E-state index is -0.646. The zero-order chi connectivity index (χ0) is 40.1. The third-order valence-corrected chi connectivity index (χ3v) is 13.3. The molecule has 0 saturated heterocycles. The molecular weight excluding hydrogens is 739 g/mol. The fourth-order valence-electron chi connectivity index (χ4n) is 10.7. The second kappa shape index (κ2) is 13.0. The van der Waals surface area contributed by atoms with Crippen LogP contribution in [-0.2, 0) is 5.41 Å².